The van der Waals surface area contributed by atoms with E-state index in [2.05, 4.69) is 4.74 Å². The zero-order chi connectivity index (χ0) is 17.7. The van der Waals surface area contributed by atoms with Gasteiger partial charge in [-0.2, -0.15) is 17.6 Å². The lowest BCUT2D eigenvalue weighted by Gasteiger charge is -2.16. The standard InChI is InChI=1S/C17H15F4NO2/c18-16(19)17(20,21)24-14-8-6-13(7-9-14)12-4-1-11(2-5-12)3-10-15(22)23/h1-2,4-9,16H,3,10H2,(H2,22,23). The summed E-state index contributed by atoms with van der Waals surface area (Å²) >= 11 is 0. The van der Waals surface area contributed by atoms with E-state index in [0.717, 1.165) is 11.1 Å². The number of alkyl halides is 4. The summed E-state index contributed by atoms with van der Waals surface area (Å²) in [6.07, 6.45) is -7.64. The minimum absolute atomic E-state index is 0.254. The second-order valence-electron chi connectivity index (χ2n) is 5.15. The van der Waals surface area contributed by atoms with Gasteiger partial charge < -0.3 is 10.5 Å². The normalized spacial score (nSPS) is 11.5. The molecule has 0 spiro atoms. The number of halogens is 4. The summed E-state index contributed by atoms with van der Waals surface area (Å²) in [6, 6.07) is 12.7. The lowest BCUT2D eigenvalue weighted by molar-refractivity contribution is -0.253. The van der Waals surface area contributed by atoms with Gasteiger partial charge in [0.1, 0.15) is 5.75 Å². The van der Waals surface area contributed by atoms with Crippen LogP contribution in [0.4, 0.5) is 17.6 Å². The van der Waals surface area contributed by atoms with Crippen LogP contribution >= 0.6 is 0 Å². The molecule has 0 bridgehead atoms. The van der Waals surface area contributed by atoms with Gasteiger partial charge in [-0.1, -0.05) is 36.4 Å². The van der Waals surface area contributed by atoms with E-state index >= 15 is 0 Å². The molecule has 0 aliphatic rings. The molecule has 2 aromatic rings. The Balaban J connectivity index is 2.06. The number of aryl methyl sites for hydroxylation is 1. The number of hydrogen-bond acceptors (Lipinski definition) is 2. The van der Waals surface area contributed by atoms with E-state index in [9.17, 15) is 22.4 Å². The van der Waals surface area contributed by atoms with Gasteiger partial charge in [0, 0.05) is 6.42 Å². The van der Waals surface area contributed by atoms with E-state index in [4.69, 9.17) is 5.73 Å². The minimum Gasteiger partial charge on any atom is -0.428 e. The summed E-state index contributed by atoms with van der Waals surface area (Å²) in [5, 5.41) is 0. The molecule has 1 amide bonds. The summed E-state index contributed by atoms with van der Waals surface area (Å²) in [6.45, 7) is 0. The van der Waals surface area contributed by atoms with Crippen LogP contribution in [-0.4, -0.2) is 18.4 Å². The van der Waals surface area contributed by atoms with E-state index in [-0.39, 0.29) is 18.1 Å². The van der Waals surface area contributed by atoms with Crippen molar-refractivity contribution in [2.45, 2.75) is 25.4 Å². The molecular weight excluding hydrogens is 326 g/mol. The molecule has 7 heteroatoms. The van der Waals surface area contributed by atoms with Gasteiger partial charge in [0.05, 0.1) is 0 Å². The fourth-order valence-electron chi connectivity index (χ4n) is 2.05. The van der Waals surface area contributed by atoms with Crippen LogP contribution in [0.5, 0.6) is 5.75 Å². The topological polar surface area (TPSA) is 52.3 Å². The summed E-state index contributed by atoms with van der Waals surface area (Å²) in [7, 11) is 0. The van der Waals surface area contributed by atoms with Crippen LogP contribution in [0.3, 0.4) is 0 Å². The van der Waals surface area contributed by atoms with Crippen LogP contribution in [0.1, 0.15) is 12.0 Å². The Hall–Kier alpha value is -2.57. The Labute approximate surface area is 136 Å². The Morgan fingerprint density at radius 3 is 1.96 bits per heavy atom. The van der Waals surface area contributed by atoms with E-state index < -0.39 is 12.5 Å². The Kier molecular flexibility index (Phi) is 5.43. The second-order valence-corrected chi connectivity index (χ2v) is 5.15. The van der Waals surface area contributed by atoms with Gasteiger partial charge in [-0.25, -0.2) is 0 Å². The quantitative estimate of drug-likeness (QED) is 0.774. The third-order valence-electron chi connectivity index (χ3n) is 3.31. The van der Waals surface area contributed by atoms with Crippen molar-refractivity contribution in [1.29, 1.82) is 0 Å². The molecule has 0 unspecified atom stereocenters. The lowest BCUT2D eigenvalue weighted by Crippen LogP contribution is -2.33. The zero-order valence-corrected chi connectivity index (χ0v) is 12.5. The maximum atomic E-state index is 12.8. The predicted molar refractivity (Wildman–Crippen MR) is 81.0 cm³/mol. The maximum absolute atomic E-state index is 12.8. The van der Waals surface area contributed by atoms with Crippen molar-refractivity contribution in [3.63, 3.8) is 0 Å². The molecule has 0 aliphatic carbocycles. The number of carbonyl (C=O) groups excluding carboxylic acids is 1. The fourth-order valence-corrected chi connectivity index (χ4v) is 2.05. The number of hydrogen-bond donors (Lipinski definition) is 1. The van der Waals surface area contributed by atoms with Gasteiger partial charge in [0.15, 0.2) is 0 Å². The van der Waals surface area contributed by atoms with Gasteiger partial charge in [0.25, 0.3) is 0 Å². The third-order valence-corrected chi connectivity index (χ3v) is 3.31. The molecule has 0 radical (unpaired) electrons. The molecule has 0 aromatic heterocycles. The van der Waals surface area contributed by atoms with E-state index in [0.29, 0.717) is 12.0 Å². The predicted octanol–water partition coefficient (Wildman–Crippen LogP) is 4.01. The van der Waals surface area contributed by atoms with Crippen molar-refractivity contribution in [1.82, 2.24) is 0 Å². The molecule has 0 saturated carbocycles. The summed E-state index contributed by atoms with van der Waals surface area (Å²) in [5.74, 6) is -0.725. The van der Waals surface area contributed by atoms with Gasteiger partial charge >= 0.3 is 12.5 Å². The van der Waals surface area contributed by atoms with Crippen molar-refractivity contribution in [2.24, 2.45) is 5.73 Å². The smallest absolute Gasteiger partial charge is 0.428 e. The Morgan fingerprint density at radius 1 is 1.00 bits per heavy atom. The summed E-state index contributed by atoms with van der Waals surface area (Å²) in [5.41, 5.74) is 7.55. The molecule has 2 N–H and O–H groups in total. The Morgan fingerprint density at radius 2 is 1.50 bits per heavy atom. The van der Waals surface area contributed by atoms with Crippen molar-refractivity contribution in [3.05, 3.63) is 54.1 Å². The first-order valence-corrected chi connectivity index (χ1v) is 7.10. The Bertz CT molecular complexity index is 685. The first kappa shape index (κ1) is 17.8. The van der Waals surface area contributed by atoms with Crippen LogP contribution in [-0.2, 0) is 11.2 Å². The second kappa shape index (κ2) is 7.33. The van der Waals surface area contributed by atoms with E-state index in [1.807, 2.05) is 12.1 Å². The van der Waals surface area contributed by atoms with Crippen molar-refractivity contribution < 1.29 is 27.1 Å². The van der Waals surface area contributed by atoms with Crippen molar-refractivity contribution in [3.8, 4) is 16.9 Å². The van der Waals surface area contributed by atoms with Gasteiger partial charge in [0.2, 0.25) is 5.91 Å². The zero-order valence-electron chi connectivity index (χ0n) is 12.5. The average Bonchev–Trinajstić information content (AvgIpc) is 2.54. The highest BCUT2D eigenvalue weighted by atomic mass is 19.3. The highest BCUT2D eigenvalue weighted by Gasteiger charge is 2.43. The molecule has 0 heterocycles. The first-order chi connectivity index (χ1) is 11.3. The van der Waals surface area contributed by atoms with Crippen molar-refractivity contribution in [2.75, 3.05) is 0 Å². The first-order valence-electron chi connectivity index (χ1n) is 7.10. The number of amides is 1. The fraction of sp³-hybridized carbons (Fsp3) is 0.235. The number of nitrogens with two attached hydrogens (primary N) is 1. The molecule has 128 valence electrons. The van der Waals surface area contributed by atoms with Crippen LogP contribution in [0.15, 0.2) is 48.5 Å². The molecule has 0 fully saturated rings. The summed E-state index contributed by atoms with van der Waals surface area (Å²) < 4.78 is 53.8. The largest absolute Gasteiger partial charge is 0.461 e. The van der Waals surface area contributed by atoms with Gasteiger partial charge in [-0.3, -0.25) is 4.79 Å². The average molecular weight is 341 g/mol. The van der Waals surface area contributed by atoms with Crippen LogP contribution < -0.4 is 10.5 Å². The highest BCUT2D eigenvalue weighted by Crippen LogP contribution is 2.29. The number of ether oxygens (including phenoxy) is 1. The molecule has 0 atom stereocenters. The molecule has 0 saturated heterocycles. The molecule has 2 rings (SSSR count). The SMILES string of the molecule is NC(=O)CCc1ccc(-c2ccc(OC(F)(F)C(F)F)cc2)cc1. The van der Waals surface area contributed by atoms with Crippen molar-refractivity contribution >= 4 is 5.91 Å². The van der Waals surface area contributed by atoms with Crippen LogP contribution in [0.2, 0.25) is 0 Å². The van der Waals surface area contributed by atoms with Gasteiger partial charge in [-0.05, 0) is 35.2 Å². The van der Waals surface area contributed by atoms with E-state index in [1.54, 1.807) is 12.1 Å². The number of benzene rings is 2. The maximum Gasteiger partial charge on any atom is 0.461 e. The monoisotopic (exact) mass is 341 g/mol. The third kappa shape index (κ3) is 4.71. The molecule has 3 nitrogen and oxygen atoms in total. The lowest BCUT2D eigenvalue weighted by atomic mass is 10.0. The summed E-state index contributed by atoms with van der Waals surface area (Å²) in [4.78, 5) is 10.7. The molecule has 0 aliphatic heterocycles. The van der Waals surface area contributed by atoms with Gasteiger partial charge in [-0.15, -0.1) is 0 Å². The van der Waals surface area contributed by atoms with Crippen LogP contribution in [0, 0.1) is 0 Å². The number of rotatable bonds is 7. The van der Waals surface area contributed by atoms with E-state index in [1.165, 1.54) is 24.3 Å². The minimum atomic E-state index is -4.52. The molecular formula is C17H15F4NO2. The molecule has 2 aromatic carbocycles. The molecule has 24 heavy (non-hydrogen) atoms. The number of primary amides is 1. The van der Waals surface area contributed by atoms with Crippen LogP contribution in [0.25, 0.3) is 11.1 Å². The highest BCUT2D eigenvalue weighted by molar-refractivity contribution is 5.74. The number of carbonyl (C=O) groups is 1.